The maximum atomic E-state index is 11.1. The summed E-state index contributed by atoms with van der Waals surface area (Å²) >= 11 is 1.57. The first-order valence-corrected chi connectivity index (χ1v) is 15.0. The summed E-state index contributed by atoms with van der Waals surface area (Å²) in [6, 6.07) is 8.29. The van der Waals surface area contributed by atoms with Crippen molar-refractivity contribution in [2.45, 2.75) is 97.9 Å². The van der Waals surface area contributed by atoms with Crippen LogP contribution in [0.15, 0.2) is 29.8 Å². The standard InChI is InChI=1S/C25H33N5O3S.2C2H6/c1-32-21(31)11-7-2-3-8-16-33-20-14-12-19(13-15-20)28-25-29-23-22(34-17-26-23)24(30-25)27-18-9-5-4-6-10-18;2*1-2/h12-15,17-18H,2-11,16H2,1H3,(H2,27,28,29,30);2*1-2H3. The molecule has 0 saturated heterocycles. The molecule has 38 heavy (non-hydrogen) atoms. The number of benzene rings is 1. The molecule has 0 radical (unpaired) electrons. The van der Waals surface area contributed by atoms with Gasteiger partial charge in [-0.2, -0.15) is 9.97 Å². The lowest BCUT2D eigenvalue weighted by molar-refractivity contribution is -0.140. The number of nitrogens with one attached hydrogen (secondary N) is 2. The van der Waals surface area contributed by atoms with Gasteiger partial charge < -0.3 is 20.1 Å². The lowest BCUT2D eigenvalue weighted by atomic mass is 9.95. The Balaban J connectivity index is 0.00000121. The molecule has 0 atom stereocenters. The Morgan fingerprint density at radius 2 is 1.68 bits per heavy atom. The zero-order valence-corrected chi connectivity index (χ0v) is 24.5. The number of rotatable bonds is 12. The molecule has 1 aromatic carbocycles. The Bertz CT molecular complexity index is 1050. The van der Waals surface area contributed by atoms with Gasteiger partial charge in [0.05, 0.1) is 19.2 Å². The second kappa shape index (κ2) is 18.3. The zero-order chi connectivity index (χ0) is 27.6. The van der Waals surface area contributed by atoms with Crippen LogP contribution in [0, 0.1) is 0 Å². The van der Waals surface area contributed by atoms with Gasteiger partial charge in [0, 0.05) is 18.2 Å². The summed E-state index contributed by atoms with van der Waals surface area (Å²) in [5.74, 6) is 2.10. The third-order valence-corrected chi connectivity index (χ3v) is 6.84. The van der Waals surface area contributed by atoms with E-state index in [2.05, 4.69) is 25.3 Å². The van der Waals surface area contributed by atoms with Crippen LogP contribution in [-0.2, 0) is 9.53 Å². The molecule has 2 aromatic heterocycles. The summed E-state index contributed by atoms with van der Waals surface area (Å²) in [6.45, 7) is 8.66. The van der Waals surface area contributed by atoms with Crippen molar-refractivity contribution >= 4 is 45.1 Å². The van der Waals surface area contributed by atoms with Crippen molar-refractivity contribution in [1.82, 2.24) is 15.0 Å². The third-order valence-electron chi connectivity index (χ3n) is 6.02. The summed E-state index contributed by atoms with van der Waals surface area (Å²) in [5, 5.41) is 6.94. The first-order valence-electron chi connectivity index (χ1n) is 14.2. The highest BCUT2D eigenvalue weighted by Gasteiger charge is 2.17. The topological polar surface area (TPSA) is 98.3 Å². The molecule has 210 valence electrons. The summed E-state index contributed by atoms with van der Waals surface area (Å²) < 4.78 is 11.5. The van der Waals surface area contributed by atoms with Crippen LogP contribution in [0.1, 0.15) is 91.9 Å². The van der Waals surface area contributed by atoms with Crippen molar-refractivity contribution in [1.29, 1.82) is 0 Å². The number of fused-ring (bicyclic) bond motifs is 1. The molecule has 0 amide bonds. The molecule has 0 spiro atoms. The van der Waals surface area contributed by atoms with Gasteiger partial charge in [0.2, 0.25) is 5.95 Å². The van der Waals surface area contributed by atoms with Crippen molar-refractivity contribution in [2.75, 3.05) is 24.4 Å². The maximum absolute atomic E-state index is 11.1. The van der Waals surface area contributed by atoms with Crippen molar-refractivity contribution in [3.63, 3.8) is 0 Å². The minimum Gasteiger partial charge on any atom is -0.494 e. The van der Waals surface area contributed by atoms with Gasteiger partial charge in [-0.3, -0.25) is 4.79 Å². The average molecular weight is 544 g/mol. The van der Waals surface area contributed by atoms with Crippen molar-refractivity contribution in [3.05, 3.63) is 29.8 Å². The van der Waals surface area contributed by atoms with Gasteiger partial charge >= 0.3 is 5.97 Å². The number of thiazole rings is 1. The SMILES string of the molecule is CC.CC.COC(=O)CCCCCCOc1ccc(Nc2nc(NC3CCCCC3)c3scnc3n2)cc1. The highest BCUT2D eigenvalue weighted by Crippen LogP contribution is 2.29. The quantitative estimate of drug-likeness (QED) is 0.174. The number of esters is 1. The normalized spacial score (nSPS) is 13.0. The van der Waals surface area contributed by atoms with Crippen molar-refractivity contribution in [2.24, 2.45) is 0 Å². The predicted molar refractivity (Wildman–Crippen MR) is 159 cm³/mol. The van der Waals surface area contributed by atoms with E-state index < -0.39 is 0 Å². The molecule has 0 bridgehead atoms. The van der Waals surface area contributed by atoms with Crippen molar-refractivity contribution in [3.8, 4) is 5.75 Å². The van der Waals surface area contributed by atoms with Crippen LogP contribution in [-0.4, -0.2) is 40.7 Å². The molecular weight excluding hydrogens is 498 g/mol. The molecule has 3 aromatic rings. The van der Waals surface area contributed by atoms with E-state index in [-0.39, 0.29) is 5.97 Å². The van der Waals surface area contributed by atoms with Gasteiger partial charge in [-0.1, -0.05) is 59.8 Å². The minimum absolute atomic E-state index is 0.140. The van der Waals surface area contributed by atoms with Crippen LogP contribution in [0.5, 0.6) is 5.75 Å². The Kier molecular flexibility index (Phi) is 15.1. The lowest BCUT2D eigenvalue weighted by Crippen LogP contribution is -2.23. The average Bonchev–Trinajstić information content (AvgIpc) is 3.45. The maximum Gasteiger partial charge on any atom is 0.305 e. The van der Waals surface area contributed by atoms with Gasteiger partial charge in [-0.25, -0.2) is 4.98 Å². The molecule has 4 rings (SSSR count). The van der Waals surface area contributed by atoms with Crippen LogP contribution in [0.25, 0.3) is 10.3 Å². The largest absolute Gasteiger partial charge is 0.494 e. The molecule has 0 aliphatic heterocycles. The van der Waals surface area contributed by atoms with E-state index in [9.17, 15) is 4.79 Å². The van der Waals surface area contributed by atoms with Gasteiger partial charge in [-0.15, -0.1) is 11.3 Å². The zero-order valence-electron chi connectivity index (χ0n) is 23.7. The van der Waals surface area contributed by atoms with E-state index in [1.54, 1.807) is 11.3 Å². The van der Waals surface area contributed by atoms with Gasteiger partial charge in [-0.05, 0) is 49.9 Å². The number of ether oxygens (including phenoxy) is 2. The number of aromatic nitrogens is 3. The number of nitrogens with zero attached hydrogens (tertiary/aromatic N) is 3. The van der Waals surface area contributed by atoms with Gasteiger partial charge in [0.15, 0.2) is 11.5 Å². The predicted octanol–water partition coefficient (Wildman–Crippen LogP) is 8.13. The summed E-state index contributed by atoms with van der Waals surface area (Å²) in [6.07, 6.45) is 10.6. The summed E-state index contributed by atoms with van der Waals surface area (Å²) in [5.41, 5.74) is 3.43. The molecule has 8 nitrogen and oxygen atoms in total. The van der Waals surface area contributed by atoms with Crippen LogP contribution in [0.4, 0.5) is 17.5 Å². The first kappa shape index (κ1) is 31.3. The van der Waals surface area contributed by atoms with Gasteiger partial charge in [0.25, 0.3) is 0 Å². The van der Waals surface area contributed by atoms with E-state index in [1.807, 2.05) is 57.5 Å². The molecule has 9 heteroatoms. The second-order valence-electron chi connectivity index (χ2n) is 8.62. The molecule has 1 aliphatic carbocycles. The van der Waals surface area contributed by atoms with Crippen LogP contribution >= 0.6 is 11.3 Å². The highest BCUT2D eigenvalue weighted by atomic mass is 32.1. The van der Waals surface area contributed by atoms with Crippen LogP contribution in [0.2, 0.25) is 0 Å². The number of anilines is 3. The van der Waals surface area contributed by atoms with E-state index in [1.165, 1.54) is 39.2 Å². The van der Waals surface area contributed by atoms with E-state index in [0.29, 0.717) is 30.7 Å². The fourth-order valence-electron chi connectivity index (χ4n) is 4.14. The number of unbranched alkanes of at least 4 members (excludes halogenated alkanes) is 3. The van der Waals surface area contributed by atoms with Gasteiger partial charge in [0.1, 0.15) is 10.4 Å². The van der Waals surface area contributed by atoms with Crippen molar-refractivity contribution < 1.29 is 14.3 Å². The summed E-state index contributed by atoms with van der Waals surface area (Å²) in [4.78, 5) is 24.9. The Morgan fingerprint density at radius 3 is 2.39 bits per heavy atom. The molecule has 1 aliphatic rings. The molecule has 1 fully saturated rings. The second-order valence-corrected chi connectivity index (χ2v) is 9.47. The third kappa shape index (κ3) is 10.4. The smallest absolute Gasteiger partial charge is 0.305 e. The summed E-state index contributed by atoms with van der Waals surface area (Å²) in [7, 11) is 1.43. The minimum atomic E-state index is -0.140. The van der Waals surface area contributed by atoms with E-state index in [4.69, 9.17) is 9.72 Å². The Morgan fingerprint density at radius 1 is 0.974 bits per heavy atom. The van der Waals surface area contributed by atoms with E-state index >= 15 is 0 Å². The first-order chi connectivity index (χ1) is 18.7. The number of carbonyl (C=O) groups excluding carboxylic acids is 1. The molecule has 2 N–H and O–H groups in total. The number of carbonyl (C=O) groups is 1. The number of hydrogen-bond donors (Lipinski definition) is 2. The van der Waals surface area contributed by atoms with Crippen LogP contribution in [0.3, 0.4) is 0 Å². The molecule has 2 heterocycles. The number of methoxy groups -OCH3 is 1. The monoisotopic (exact) mass is 543 g/mol. The number of hydrogen-bond acceptors (Lipinski definition) is 9. The molecule has 0 unspecified atom stereocenters. The van der Waals surface area contributed by atoms with Crippen LogP contribution < -0.4 is 15.4 Å². The molecular formula is C29H45N5O3S. The lowest BCUT2D eigenvalue weighted by Gasteiger charge is -2.23. The Hall–Kier alpha value is -2.94. The Labute approximate surface area is 232 Å². The molecule has 1 saturated carbocycles. The fraction of sp³-hybridized carbons (Fsp3) is 0.586. The highest BCUT2D eigenvalue weighted by molar-refractivity contribution is 7.17. The van der Waals surface area contributed by atoms with E-state index in [0.717, 1.165) is 47.6 Å². The fourth-order valence-corrected chi connectivity index (χ4v) is 4.82.